The smallest absolute Gasteiger partial charge is 0.416 e. The molecule has 1 N–H and O–H groups in total. The van der Waals surface area contributed by atoms with Crippen molar-refractivity contribution in [2.75, 3.05) is 26.1 Å². The number of rotatable bonds is 9. The van der Waals surface area contributed by atoms with Gasteiger partial charge in [-0.25, -0.2) is 14.5 Å². The second-order valence-electron chi connectivity index (χ2n) is 9.35. The third kappa shape index (κ3) is 7.77. The highest BCUT2D eigenvalue weighted by Gasteiger charge is 2.47. The lowest BCUT2D eigenvalue weighted by atomic mass is 9.99. The Balaban J connectivity index is 1.48. The van der Waals surface area contributed by atoms with E-state index in [9.17, 15) is 31.1 Å². The summed E-state index contributed by atoms with van der Waals surface area (Å²) in [6.45, 7) is 3.88. The molecule has 5 atom stereocenters. The Hall–Kier alpha value is -3.93. The Bertz CT molecular complexity index is 1400. The Kier molecular flexibility index (Phi) is 10.0. The fourth-order valence-electron chi connectivity index (χ4n) is 4.57. The Morgan fingerprint density at radius 3 is 2.14 bits per heavy atom. The van der Waals surface area contributed by atoms with Crippen molar-refractivity contribution in [3.8, 4) is 22.8 Å². The number of carbonyl (C=O) groups is 1. The minimum atomic E-state index is -4.97. The van der Waals surface area contributed by atoms with Crippen LogP contribution in [0.3, 0.4) is 0 Å². The number of halogens is 6. The zero-order chi connectivity index (χ0) is 32.2. The fraction of sp³-hybridized carbons (Fsp3) is 0.444. The van der Waals surface area contributed by atoms with Gasteiger partial charge in [-0.1, -0.05) is 0 Å². The molecular weight excluding hydrogens is 606 g/mol. The Morgan fingerprint density at radius 2 is 1.59 bits per heavy atom. The van der Waals surface area contributed by atoms with Crippen molar-refractivity contribution in [2.24, 2.45) is 0 Å². The van der Waals surface area contributed by atoms with E-state index < -0.39 is 60.9 Å². The van der Waals surface area contributed by atoms with E-state index in [0.717, 1.165) is 24.3 Å². The van der Waals surface area contributed by atoms with E-state index >= 15 is 0 Å². The van der Waals surface area contributed by atoms with Gasteiger partial charge in [-0.15, -0.1) is 18.3 Å². The molecule has 1 aliphatic heterocycles. The van der Waals surface area contributed by atoms with Gasteiger partial charge in [0, 0.05) is 32.1 Å². The molecule has 1 saturated heterocycles. The van der Waals surface area contributed by atoms with Crippen molar-refractivity contribution in [3.63, 3.8) is 0 Å². The van der Waals surface area contributed by atoms with E-state index in [1.165, 1.54) is 38.5 Å². The predicted molar refractivity (Wildman–Crippen MR) is 140 cm³/mol. The average Bonchev–Trinajstić information content (AvgIpc) is 3.40. The first kappa shape index (κ1) is 33.0. The summed E-state index contributed by atoms with van der Waals surface area (Å²) >= 11 is 0. The molecule has 240 valence electrons. The molecule has 44 heavy (non-hydrogen) atoms. The number of anilines is 1. The van der Waals surface area contributed by atoms with Crippen LogP contribution in [0.25, 0.3) is 17.1 Å². The van der Waals surface area contributed by atoms with E-state index in [1.807, 2.05) is 0 Å². The summed E-state index contributed by atoms with van der Waals surface area (Å²) in [5.74, 6) is -2.35. The molecule has 0 unspecified atom stereocenters. The number of carbonyl (C=O) groups excluding carboxylic acids is 1. The molecule has 1 fully saturated rings. The molecule has 2 heterocycles. The number of amides is 1. The van der Waals surface area contributed by atoms with Crippen molar-refractivity contribution in [2.45, 2.75) is 57.1 Å². The number of nitrogens with one attached hydrogen (secondary N) is 1. The van der Waals surface area contributed by atoms with Crippen molar-refractivity contribution in [1.82, 2.24) is 14.8 Å². The first-order valence-corrected chi connectivity index (χ1v) is 13.0. The van der Waals surface area contributed by atoms with Crippen LogP contribution in [0.15, 0.2) is 48.5 Å². The van der Waals surface area contributed by atoms with Crippen LogP contribution in [0.2, 0.25) is 0 Å². The molecular formula is C27H28F6N4O7. The number of methoxy groups -OCH3 is 2. The zero-order valence-electron chi connectivity index (χ0n) is 23.7. The van der Waals surface area contributed by atoms with Gasteiger partial charge in [0.2, 0.25) is 12.1 Å². The third-order valence-corrected chi connectivity index (χ3v) is 6.42. The summed E-state index contributed by atoms with van der Waals surface area (Å²) in [4.78, 5) is 16.3. The molecule has 0 spiro atoms. The van der Waals surface area contributed by atoms with Gasteiger partial charge in [0.15, 0.2) is 5.82 Å². The zero-order valence-corrected chi connectivity index (χ0v) is 23.7. The molecule has 0 saturated carbocycles. The average molecular weight is 635 g/mol. The second-order valence-corrected chi connectivity index (χ2v) is 9.35. The highest BCUT2D eigenvalue weighted by molar-refractivity contribution is 5.85. The maximum atomic E-state index is 13.8. The Labute approximate surface area is 246 Å². The van der Waals surface area contributed by atoms with Gasteiger partial charge in [-0.2, -0.15) is 13.2 Å². The molecule has 3 aromatic rings. The van der Waals surface area contributed by atoms with Crippen LogP contribution < -0.4 is 10.1 Å². The molecule has 1 aliphatic rings. The molecule has 0 bridgehead atoms. The molecule has 11 nitrogen and oxygen atoms in total. The third-order valence-electron chi connectivity index (χ3n) is 6.42. The monoisotopic (exact) mass is 634 g/mol. The minimum absolute atomic E-state index is 0.152. The number of hydrogen-bond donors (Lipinski definition) is 1. The van der Waals surface area contributed by atoms with E-state index in [0.29, 0.717) is 11.3 Å². The Morgan fingerprint density at radius 1 is 0.955 bits per heavy atom. The first-order valence-electron chi connectivity index (χ1n) is 13.0. The molecule has 1 aromatic heterocycles. The van der Waals surface area contributed by atoms with Crippen LogP contribution in [-0.2, 0) is 29.9 Å². The van der Waals surface area contributed by atoms with Crippen LogP contribution in [0, 0.1) is 0 Å². The first-order chi connectivity index (χ1) is 20.7. The minimum Gasteiger partial charge on any atom is -0.416 e. The number of ether oxygens (including phenoxy) is 6. The van der Waals surface area contributed by atoms with Crippen LogP contribution in [-0.4, -0.2) is 78.8 Å². The largest absolute Gasteiger partial charge is 0.573 e. The topological polar surface area (TPSA) is 115 Å². The maximum Gasteiger partial charge on any atom is 0.573 e. The molecule has 4 rings (SSSR count). The van der Waals surface area contributed by atoms with Crippen LogP contribution in [0.4, 0.5) is 36.8 Å². The van der Waals surface area contributed by atoms with Gasteiger partial charge in [-0.3, -0.25) is 5.32 Å². The van der Waals surface area contributed by atoms with Gasteiger partial charge in [-0.05, 0) is 62.4 Å². The van der Waals surface area contributed by atoms with E-state index in [-0.39, 0.29) is 22.8 Å². The maximum absolute atomic E-state index is 13.8. The fourth-order valence-corrected chi connectivity index (χ4v) is 4.57. The lowest BCUT2D eigenvalue weighted by Crippen LogP contribution is -2.60. The standard InChI is InChI=1S/C27H28F6N4O7/c1-5-41-20-19(39-3)14(2)42-23(21(20)40-4)43-25(38)34-16-8-6-15(7-9-16)22-35-24(26(28,29)30)37(36-22)17-10-12-18(13-11-17)44-27(31,32)33/h6-14,19-21,23H,5H2,1-4H3,(H,34,38)/t14-,19-,20+,21+,23-/m0/s1. The van der Waals surface area contributed by atoms with E-state index in [2.05, 4.69) is 20.1 Å². The van der Waals surface area contributed by atoms with Gasteiger partial charge in [0.05, 0.1) is 11.8 Å². The van der Waals surface area contributed by atoms with Gasteiger partial charge in [0.25, 0.3) is 0 Å². The SMILES string of the molecule is CCO[C@@H]1[C@@H](OC)[C@H](C)O[C@@H](OC(=O)Nc2ccc(-c3nc(C(F)(F)F)n(-c4ccc(OC(F)(F)F)cc4)n3)cc2)[C@@H]1OC. The number of nitrogens with zero attached hydrogens (tertiary/aromatic N) is 3. The van der Waals surface area contributed by atoms with Crippen molar-refractivity contribution in [3.05, 3.63) is 54.4 Å². The van der Waals surface area contributed by atoms with E-state index in [4.69, 9.17) is 23.7 Å². The van der Waals surface area contributed by atoms with Crippen molar-refractivity contribution < 1.29 is 59.6 Å². The summed E-state index contributed by atoms with van der Waals surface area (Å²) in [7, 11) is 2.91. The van der Waals surface area contributed by atoms with Gasteiger partial charge in [0.1, 0.15) is 24.1 Å². The normalized spacial score (nSPS) is 22.5. The lowest BCUT2D eigenvalue weighted by molar-refractivity contribution is -0.292. The molecule has 2 aromatic carbocycles. The second kappa shape index (κ2) is 13.4. The van der Waals surface area contributed by atoms with E-state index in [1.54, 1.807) is 13.8 Å². The summed E-state index contributed by atoms with van der Waals surface area (Å²) in [6.07, 6.45) is -14.3. The molecule has 1 amide bonds. The molecule has 0 aliphatic carbocycles. The number of hydrogen-bond acceptors (Lipinski definition) is 9. The summed E-state index contributed by atoms with van der Waals surface area (Å²) in [6, 6.07) is 9.15. The number of benzene rings is 2. The van der Waals surface area contributed by atoms with Gasteiger partial charge < -0.3 is 28.4 Å². The molecule has 17 heteroatoms. The highest BCUT2D eigenvalue weighted by atomic mass is 19.4. The summed E-state index contributed by atoms with van der Waals surface area (Å²) in [5.41, 5.74) is 0.173. The van der Waals surface area contributed by atoms with Crippen molar-refractivity contribution >= 4 is 11.8 Å². The highest BCUT2D eigenvalue weighted by Crippen LogP contribution is 2.33. The van der Waals surface area contributed by atoms with Crippen LogP contribution in [0.5, 0.6) is 5.75 Å². The van der Waals surface area contributed by atoms with Crippen LogP contribution in [0.1, 0.15) is 19.7 Å². The summed E-state index contributed by atoms with van der Waals surface area (Å²) < 4.78 is 111. The molecule has 0 radical (unpaired) electrons. The lowest BCUT2D eigenvalue weighted by Gasteiger charge is -2.43. The predicted octanol–water partition coefficient (Wildman–Crippen LogP) is 5.58. The van der Waals surface area contributed by atoms with Crippen molar-refractivity contribution in [1.29, 1.82) is 0 Å². The van der Waals surface area contributed by atoms with Crippen LogP contribution >= 0.6 is 0 Å². The number of alkyl halides is 6. The number of aromatic nitrogens is 3. The van der Waals surface area contributed by atoms with Gasteiger partial charge >= 0.3 is 18.6 Å². The quantitative estimate of drug-likeness (QED) is 0.301. The summed E-state index contributed by atoms with van der Waals surface area (Å²) in [5, 5.41) is 6.41.